The van der Waals surface area contributed by atoms with Crippen LogP contribution in [0.1, 0.15) is 44.9 Å². The van der Waals surface area contributed by atoms with Crippen LogP contribution in [0.2, 0.25) is 0 Å². The van der Waals surface area contributed by atoms with Crippen molar-refractivity contribution in [1.29, 1.82) is 0 Å². The van der Waals surface area contributed by atoms with Crippen molar-refractivity contribution in [2.45, 2.75) is 50.5 Å². The molecule has 23 heavy (non-hydrogen) atoms. The number of rotatable bonds is 3. The van der Waals surface area contributed by atoms with E-state index in [0.717, 1.165) is 38.6 Å². The van der Waals surface area contributed by atoms with Gasteiger partial charge in [-0.05, 0) is 31.7 Å². The zero-order valence-corrected chi connectivity index (χ0v) is 13.8. The lowest BCUT2D eigenvalue weighted by Crippen LogP contribution is -2.59. The van der Waals surface area contributed by atoms with Gasteiger partial charge in [-0.15, -0.1) is 0 Å². The smallest absolute Gasteiger partial charge is 0.249 e. The lowest BCUT2D eigenvalue weighted by molar-refractivity contribution is -0.144. The summed E-state index contributed by atoms with van der Waals surface area (Å²) in [7, 11) is 1.65. The van der Waals surface area contributed by atoms with Crippen LogP contribution in [0.5, 0.6) is 0 Å². The maximum Gasteiger partial charge on any atom is 0.249 e. The normalized spacial score (nSPS) is 26.0. The molecular weight excluding hydrogens is 292 g/mol. The number of carbonyl (C=O) groups is 2. The van der Waals surface area contributed by atoms with Crippen molar-refractivity contribution >= 4 is 11.8 Å². The minimum Gasteiger partial charge on any atom is -0.357 e. The second-order valence-electron chi connectivity index (χ2n) is 6.76. The summed E-state index contributed by atoms with van der Waals surface area (Å²) in [5, 5.41) is 7.07. The molecule has 6 nitrogen and oxygen atoms in total. The zero-order valence-electron chi connectivity index (χ0n) is 13.8. The van der Waals surface area contributed by atoms with E-state index in [-0.39, 0.29) is 17.7 Å². The average Bonchev–Trinajstić information content (AvgIpc) is 3.16. The third-order valence-corrected chi connectivity index (χ3v) is 5.33. The number of amides is 2. The Kier molecular flexibility index (Phi) is 4.68. The second-order valence-corrected chi connectivity index (χ2v) is 6.76. The number of hydrogen-bond donors (Lipinski definition) is 1. The van der Waals surface area contributed by atoms with Gasteiger partial charge in [-0.25, -0.2) is 0 Å². The van der Waals surface area contributed by atoms with Gasteiger partial charge in [0.1, 0.15) is 0 Å². The Bertz CT molecular complexity index is 551. The van der Waals surface area contributed by atoms with Crippen molar-refractivity contribution in [3.8, 4) is 0 Å². The molecule has 1 saturated carbocycles. The van der Waals surface area contributed by atoms with E-state index in [1.54, 1.807) is 17.9 Å². The number of likely N-dealkylation sites (N-methyl/N-ethyl adjacent to an activating group) is 1. The molecule has 126 valence electrons. The average molecular weight is 318 g/mol. The van der Waals surface area contributed by atoms with Crippen LogP contribution < -0.4 is 5.32 Å². The summed E-state index contributed by atoms with van der Waals surface area (Å²) >= 11 is 0. The molecule has 6 heteroatoms. The maximum absolute atomic E-state index is 12.9. The van der Waals surface area contributed by atoms with Crippen molar-refractivity contribution in [1.82, 2.24) is 20.0 Å². The van der Waals surface area contributed by atoms with Gasteiger partial charge in [0.2, 0.25) is 11.8 Å². The van der Waals surface area contributed by atoms with Gasteiger partial charge in [-0.3, -0.25) is 14.3 Å². The molecule has 0 radical (unpaired) electrons. The summed E-state index contributed by atoms with van der Waals surface area (Å²) in [6, 6.07) is 1.83. The Morgan fingerprint density at radius 2 is 2.00 bits per heavy atom. The van der Waals surface area contributed by atoms with Crippen molar-refractivity contribution in [3.63, 3.8) is 0 Å². The summed E-state index contributed by atoms with van der Waals surface area (Å²) in [5.41, 5.74) is -0.777. The first-order valence-electron chi connectivity index (χ1n) is 8.68. The molecule has 2 heterocycles. The van der Waals surface area contributed by atoms with Crippen LogP contribution in [0.4, 0.5) is 0 Å². The first-order valence-corrected chi connectivity index (χ1v) is 8.68. The molecule has 0 spiro atoms. The van der Waals surface area contributed by atoms with E-state index < -0.39 is 5.54 Å². The van der Waals surface area contributed by atoms with E-state index in [4.69, 9.17) is 0 Å². The monoisotopic (exact) mass is 318 g/mol. The van der Waals surface area contributed by atoms with Gasteiger partial charge < -0.3 is 10.2 Å². The third kappa shape index (κ3) is 2.99. The number of carbonyl (C=O) groups excluding carboxylic acids is 2. The van der Waals surface area contributed by atoms with E-state index in [9.17, 15) is 9.59 Å². The number of aromatic nitrogens is 2. The Hall–Kier alpha value is -1.85. The Morgan fingerprint density at radius 1 is 1.22 bits per heavy atom. The maximum atomic E-state index is 12.9. The van der Waals surface area contributed by atoms with Crippen molar-refractivity contribution in [2.75, 3.05) is 20.1 Å². The van der Waals surface area contributed by atoms with E-state index in [2.05, 4.69) is 10.4 Å². The summed E-state index contributed by atoms with van der Waals surface area (Å²) < 4.78 is 1.73. The molecule has 1 aromatic rings. The summed E-state index contributed by atoms with van der Waals surface area (Å²) in [6.07, 6.45) is 10.5. The summed E-state index contributed by atoms with van der Waals surface area (Å²) in [4.78, 5) is 27.4. The number of likely N-dealkylation sites (tertiary alicyclic amines) is 1. The van der Waals surface area contributed by atoms with E-state index >= 15 is 0 Å². The van der Waals surface area contributed by atoms with E-state index in [1.165, 1.54) is 6.42 Å². The Morgan fingerprint density at radius 3 is 2.65 bits per heavy atom. The highest BCUT2D eigenvalue weighted by Crippen LogP contribution is 2.32. The van der Waals surface area contributed by atoms with Crippen LogP contribution in [-0.2, 0) is 15.1 Å². The van der Waals surface area contributed by atoms with Crippen molar-refractivity contribution in [2.24, 2.45) is 5.92 Å². The molecule has 2 aliphatic rings. The van der Waals surface area contributed by atoms with Gasteiger partial charge in [0, 0.05) is 31.9 Å². The van der Waals surface area contributed by atoms with E-state index in [1.807, 2.05) is 17.2 Å². The highest BCUT2D eigenvalue weighted by Gasteiger charge is 2.46. The topological polar surface area (TPSA) is 67.2 Å². The number of hydrogen-bond acceptors (Lipinski definition) is 3. The van der Waals surface area contributed by atoms with Gasteiger partial charge >= 0.3 is 0 Å². The van der Waals surface area contributed by atoms with Crippen LogP contribution >= 0.6 is 0 Å². The lowest BCUT2D eigenvalue weighted by Gasteiger charge is -2.42. The SMILES string of the molecule is CNC(=O)C1(n2cccn2)CCCN(C(=O)C2CCCCC2)C1. The quantitative estimate of drug-likeness (QED) is 0.919. The molecule has 1 atom stereocenters. The molecule has 1 aliphatic heterocycles. The minimum absolute atomic E-state index is 0.0673. The molecule has 1 unspecified atom stereocenters. The van der Waals surface area contributed by atoms with Crippen molar-refractivity contribution < 1.29 is 9.59 Å². The fourth-order valence-corrected chi connectivity index (χ4v) is 4.06. The predicted molar refractivity (Wildman–Crippen MR) is 86.7 cm³/mol. The molecule has 0 aromatic carbocycles. The first-order chi connectivity index (χ1) is 11.2. The van der Waals surface area contributed by atoms with Gasteiger partial charge in [-0.1, -0.05) is 19.3 Å². The van der Waals surface area contributed by atoms with Gasteiger partial charge in [0.05, 0.1) is 6.54 Å². The molecule has 3 rings (SSSR count). The fourth-order valence-electron chi connectivity index (χ4n) is 4.06. The van der Waals surface area contributed by atoms with Crippen LogP contribution in [0.25, 0.3) is 0 Å². The first kappa shape index (κ1) is 16.0. The molecule has 1 N–H and O–H groups in total. The molecule has 1 aliphatic carbocycles. The van der Waals surface area contributed by atoms with E-state index in [0.29, 0.717) is 13.0 Å². The lowest BCUT2D eigenvalue weighted by atomic mass is 9.84. The van der Waals surface area contributed by atoms with Gasteiger partial charge in [0.25, 0.3) is 0 Å². The van der Waals surface area contributed by atoms with Gasteiger partial charge in [0.15, 0.2) is 5.54 Å². The van der Waals surface area contributed by atoms with Crippen LogP contribution in [0.3, 0.4) is 0 Å². The Labute approximate surface area is 137 Å². The number of nitrogens with one attached hydrogen (secondary N) is 1. The summed E-state index contributed by atoms with van der Waals surface area (Å²) in [5.74, 6) is 0.300. The second kappa shape index (κ2) is 6.72. The molecule has 1 saturated heterocycles. The molecule has 2 fully saturated rings. The molecule has 2 amide bonds. The third-order valence-electron chi connectivity index (χ3n) is 5.33. The van der Waals surface area contributed by atoms with Crippen LogP contribution in [0.15, 0.2) is 18.5 Å². The van der Waals surface area contributed by atoms with Crippen LogP contribution in [0, 0.1) is 5.92 Å². The summed E-state index contributed by atoms with van der Waals surface area (Å²) in [6.45, 7) is 1.17. The highest BCUT2D eigenvalue weighted by molar-refractivity contribution is 5.86. The Balaban J connectivity index is 1.82. The number of nitrogens with zero attached hydrogens (tertiary/aromatic N) is 3. The molecular formula is C17H26N4O2. The number of piperidine rings is 1. The molecule has 0 bridgehead atoms. The minimum atomic E-state index is -0.777. The van der Waals surface area contributed by atoms with Gasteiger partial charge in [-0.2, -0.15) is 5.10 Å². The fraction of sp³-hybridized carbons (Fsp3) is 0.706. The van der Waals surface area contributed by atoms with Crippen molar-refractivity contribution in [3.05, 3.63) is 18.5 Å². The van der Waals surface area contributed by atoms with Crippen LogP contribution in [-0.4, -0.2) is 46.6 Å². The predicted octanol–water partition coefficient (Wildman–Crippen LogP) is 1.53. The largest absolute Gasteiger partial charge is 0.357 e. The molecule has 1 aromatic heterocycles. The standard InChI is InChI=1S/C17H26N4O2/c1-18-16(23)17(21-12-6-10-19-21)9-5-11-20(13-17)15(22)14-7-3-2-4-8-14/h6,10,12,14H,2-5,7-9,11,13H2,1H3,(H,18,23). The highest BCUT2D eigenvalue weighted by atomic mass is 16.2. The zero-order chi connectivity index (χ0) is 16.3.